The molecule has 0 aliphatic heterocycles. The molecule has 0 saturated heterocycles. The number of halogens is 2. The smallest absolute Gasteiger partial charge is 0.253 e. The second-order valence-corrected chi connectivity index (χ2v) is 5.21. The zero-order valence-corrected chi connectivity index (χ0v) is 11.5. The second-order valence-electron chi connectivity index (χ2n) is 4.83. The maximum Gasteiger partial charge on any atom is 0.253 e. The Kier molecular flexibility index (Phi) is 4.13. The van der Waals surface area contributed by atoms with Crippen molar-refractivity contribution in [2.24, 2.45) is 10.9 Å². The molecule has 1 fully saturated rings. The van der Waals surface area contributed by atoms with Crippen LogP contribution in [-0.2, 0) is 0 Å². The highest BCUT2D eigenvalue weighted by molar-refractivity contribution is 6.34. The van der Waals surface area contributed by atoms with E-state index in [9.17, 15) is 9.18 Å². The monoisotopic (exact) mass is 299 g/mol. The summed E-state index contributed by atoms with van der Waals surface area (Å²) in [4.78, 5) is 12.2. The van der Waals surface area contributed by atoms with E-state index in [2.05, 4.69) is 10.5 Å². The Morgan fingerprint density at radius 2 is 2.10 bits per heavy atom. The second kappa shape index (κ2) is 5.66. The molecule has 0 spiro atoms. The van der Waals surface area contributed by atoms with E-state index in [0.29, 0.717) is 12.8 Å². The van der Waals surface area contributed by atoms with E-state index in [1.807, 2.05) is 0 Å². The minimum atomic E-state index is -0.887. The third kappa shape index (κ3) is 2.56. The summed E-state index contributed by atoms with van der Waals surface area (Å²) in [5.41, 5.74) is 4.83. The van der Waals surface area contributed by atoms with Crippen molar-refractivity contribution in [3.63, 3.8) is 0 Å². The van der Waals surface area contributed by atoms with Crippen molar-refractivity contribution in [1.29, 1.82) is 0 Å². The molecule has 0 radical (unpaired) electrons. The predicted molar refractivity (Wildman–Crippen MR) is 73.5 cm³/mol. The number of carbonyl (C=O) groups is 1. The van der Waals surface area contributed by atoms with E-state index in [0.717, 1.165) is 12.8 Å². The first kappa shape index (κ1) is 14.6. The van der Waals surface area contributed by atoms with Gasteiger partial charge in [-0.05, 0) is 25.0 Å². The number of nitrogens with two attached hydrogens (primary N) is 1. The van der Waals surface area contributed by atoms with Gasteiger partial charge in [-0.15, -0.1) is 0 Å². The molecule has 20 heavy (non-hydrogen) atoms. The highest BCUT2D eigenvalue weighted by Gasteiger charge is 2.40. The van der Waals surface area contributed by atoms with Gasteiger partial charge in [0.2, 0.25) is 0 Å². The third-order valence-electron chi connectivity index (χ3n) is 3.60. The lowest BCUT2D eigenvalue weighted by Crippen LogP contribution is -2.55. The average molecular weight is 300 g/mol. The SMILES string of the molecule is N/C(=N/O)C1(NC(=O)c2cccc(F)c2Cl)CCCC1. The molecular formula is C13H15ClFN3O2. The van der Waals surface area contributed by atoms with E-state index in [-0.39, 0.29) is 16.4 Å². The Labute approximate surface area is 120 Å². The number of benzene rings is 1. The Bertz CT molecular complexity index is 557. The van der Waals surface area contributed by atoms with Crippen LogP contribution in [0.1, 0.15) is 36.0 Å². The molecule has 108 valence electrons. The molecule has 0 heterocycles. The van der Waals surface area contributed by atoms with E-state index in [1.54, 1.807) is 0 Å². The molecule has 1 saturated carbocycles. The number of carbonyl (C=O) groups excluding carboxylic acids is 1. The number of nitrogens with zero attached hydrogens (tertiary/aromatic N) is 1. The van der Waals surface area contributed by atoms with Gasteiger partial charge < -0.3 is 16.3 Å². The normalized spacial score (nSPS) is 18.0. The van der Waals surface area contributed by atoms with Crippen molar-refractivity contribution in [3.05, 3.63) is 34.6 Å². The molecule has 0 unspecified atom stereocenters. The number of nitrogens with one attached hydrogen (secondary N) is 1. The lowest BCUT2D eigenvalue weighted by molar-refractivity contribution is 0.0922. The van der Waals surface area contributed by atoms with Crippen LogP contribution in [0.25, 0.3) is 0 Å². The van der Waals surface area contributed by atoms with Crippen LogP contribution in [0.15, 0.2) is 23.4 Å². The number of amides is 1. The largest absolute Gasteiger partial charge is 0.409 e. The summed E-state index contributed by atoms with van der Waals surface area (Å²) in [6.45, 7) is 0. The first-order valence-corrected chi connectivity index (χ1v) is 6.62. The molecule has 0 aromatic heterocycles. The first-order valence-electron chi connectivity index (χ1n) is 6.25. The summed E-state index contributed by atoms with van der Waals surface area (Å²) in [7, 11) is 0. The topological polar surface area (TPSA) is 87.7 Å². The van der Waals surface area contributed by atoms with Gasteiger partial charge in [0.15, 0.2) is 5.84 Å². The Morgan fingerprint density at radius 1 is 1.45 bits per heavy atom. The number of oxime groups is 1. The molecule has 7 heteroatoms. The summed E-state index contributed by atoms with van der Waals surface area (Å²) < 4.78 is 13.4. The number of hydrogen-bond donors (Lipinski definition) is 3. The van der Waals surface area contributed by atoms with Crippen LogP contribution in [0.4, 0.5) is 4.39 Å². The van der Waals surface area contributed by atoms with Crippen LogP contribution in [0.3, 0.4) is 0 Å². The lowest BCUT2D eigenvalue weighted by atomic mass is 9.95. The summed E-state index contributed by atoms with van der Waals surface area (Å²) in [6.07, 6.45) is 2.85. The molecular weight excluding hydrogens is 285 g/mol. The van der Waals surface area contributed by atoms with Gasteiger partial charge in [0.1, 0.15) is 11.4 Å². The fraction of sp³-hybridized carbons (Fsp3) is 0.385. The minimum absolute atomic E-state index is 0.0312. The zero-order chi connectivity index (χ0) is 14.8. The van der Waals surface area contributed by atoms with E-state index in [1.165, 1.54) is 18.2 Å². The fourth-order valence-electron chi connectivity index (χ4n) is 2.48. The predicted octanol–water partition coefficient (Wildman–Crippen LogP) is 2.27. The molecule has 5 nitrogen and oxygen atoms in total. The third-order valence-corrected chi connectivity index (χ3v) is 3.99. The van der Waals surface area contributed by atoms with Crippen molar-refractivity contribution in [2.75, 3.05) is 0 Å². The highest BCUT2D eigenvalue weighted by Crippen LogP contribution is 2.31. The highest BCUT2D eigenvalue weighted by atomic mass is 35.5. The summed E-state index contributed by atoms with van der Waals surface area (Å²) in [5, 5.41) is 14.4. The van der Waals surface area contributed by atoms with Gasteiger partial charge in [0.05, 0.1) is 10.6 Å². The number of amidine groups is 1. The molecule has 1 aliphatic rings. The van der Waals surface area contributed by atoms with Gasteiger partial charge >= 0.3 is 0 Å². The van der Waals surface area contributed by atoms with Gasteiger partial charge in [-0.1, -0.05) is 35.7 Å². The van der Waals surface area contributed by atoms with Gasteiger partial charge in [-0.25, -0.2) is 4.39 Å². The number of rotatable bonds is 3. The molecule has 0 bridgehead atoms. The summed E-state index contributed by atoms with van der Waals surface area (Å²) in [5.74, 6) is -1.25. The maximum absolute atomic E-state index is 13.4. The molecule has 1 aromatic rings. The summed E-state index contributed by atoms with van der Waals surface area (Å²) in [6, 6.07) is 4.00. The van der Waals surface area contributed by atoms with Crippen molar-refractivity contribution >= 4 is 23.3 Å². The van der Waals surface area contributed by atoms with Gasteiger partial charge in [0.25, 0.3) is 5.91 Å². The van der Waals surface area contributed by atoms with Crippen LogP contribution >= 0.6 is 11.6 Å². The minimum Gasteiger partial charge on any atom is -0.409 e. The van der Waals surface area contributed by atoms with Crippen molar-refractivity contribution in [1.82, 2.24) is 5.32 Å². The van der Waals surface area contributed by atoms with E-state index < -0.39 is 17.3 Å². The quantitative estimate of drug-likeness (QED) is 0.346. The Morgan fingerprint density at radius 3 is 2.70 bits per heavy atom. The Balaban J connectivity index is 2.28. The molecule has 1 amide bonds. The van der Waals surface area contributed by atoms with Crippen LogP contribution in [0.2, 0.25) is 5.02 Å². The van der Waals surface area contributed by atoms with Crippen LogP contribution < -0.4 is 11.1 Å². The molecule has 1 aromatic carbocycles. The summed E-state index contributed by atoms with van der Waals surface area (Å²) >= 11 is 5.79. The standard InChI is InChI=1S/C13H15ClFN3O2/c14-10-8(4-3-5-9(10)15)11(19)17-13(12(16)18-20)6-1-2-7-13/h3-5,20H,1-2,6-7H2,(H2,16,18)(H,17,19). The van der Waals surface area contributed by atoms with Crippen LogP contribution in [0, 0.1) is 5.82 Å². The molecule has 1 aliphatic carbocycles. The van der Waals surface area contributed by atoms with Gasteiger partial charge in [-0.2, -0.15) is 0 Å². The maximum atomic E-state index is 13.4. The Hall–Kier alpha value is -1.82. The van der Waals surface area contributed by atoms with Gasteiger partial charge in [0, 0.05) is 0 Å². The van der Waals surface area contributed by atoms with Crippen molar-refractivity contribution < 1.29 is 14.4 Å². The van der Waals surface area contributed by atoms with Crippen molar-refractivity contribution in [2.45, 2.75) is 31.2 Å². The van der Waals surface area contributed by atoms with Gasteiger partial charge in [-0.3, -0.25) is 4.79 Å². The average Bonchev–Trinajstić information content (AvgIpc) is 2.90. The first-order chi connectivity index (χ1) is 9.50. The molecule has 4 N–H and O–H groups in total. The number of hydrogen-bond acceptors (Lipinski definition) is 3. The van der Waals surface area contributed by atoms with E-state index >= 15 is 0 Å². The van der Waals surface area contributed by atoms with Crippen LogP contribution in [0.5, 0.6) is 0 Å². The zero-order valence-electron chi connectivity index (χ0n) is 10.7. The molecule has 2 rings (SSSR count). The molecule has 0 atom stereocenters. The van der Waals surface area contributed by atoms with E-state index in [4.69, 9.17) is 22.5 Å². The van der Waals surface area contributed by atoms with Crippen molar-refractivity contribution in [3.8, 4) is 0 Å². The van der Waals surface area contributed by atoms with Crippen LogP contribution in [-0.4, -0.2) is 22.5 Å². The fourth-order valence-corrected chi connectivity index (χ4v) is 2.70. The lowest BCUT2D eigenvalue weighted by Gasteiger charge is -2.28.